The molecule has 0 radical (unpaired) electrons. The van der Waals surface area contributed by atoms with Crippen LogP contribution in [0.5, 0.6) is 0 Å². The molecule has 0 saturated heterocycles. The molecule has 0 spiro atoms. The van der Waals surface area contributed by atoms with Gasteiger partial charge in [0.1, 0.15) is 15.8 Å². The largest absolute Gasteiger partial charge is 0.459 e. The van der Waals surface area contributed by atoms with Crippen LogP contribution in [0.25, 0.3) is 22.5 Å². The van der Waals surface area contributed by atoms with Crippen molar-refractivity contribution in [2.24, 2.45) is 0 Å². The van der Waals surface area contributed by atoms with E-state index >= 15 is 0 Å². The van der Waals surface area contributed by atoms with Crippen molar-refractivity contribution < 1.29 is 4.42 Å². The topological polar surface area (TPSA) is 16.4 Å². The van der Waals surface area contributed by atoms with Crippen molar-refractivity contribution in [1.29, 1.82) is 0 Å². The summed E-state index contributed by atoms with van der Waals surface area (Å²) in [6.45, 7) is 0. The third-order valence-corrected chi connectivity index (χ3v) is 6.81. The number of thiocarbonyl (C=S) groups is 1. The van der Waals surface area contributed by atoms with E-state index in [2.05, 4.69) is 59.0 Å². The predicted molar refractivity (Wildman–Crippen MR) is 125 cm³/mol. The molecule has 2 nitrogen and oxygen atoms in total. The summed E-state index contributed by atoms with van der Waals surface area (Å²) in [5.41, 5.74) is 3.46. The van der Waals surface area contributed by atoms with E-state index in [0.717, 1.165) is 33.6 Å². The molecule has 3 rings (SSSR count). The molecule has 0 unspecified atom stereocenters. The highest BCUT2D eigenvalue weighted by atomic mass is 127. The van der Waals surface area contributed by atoms with Crippen LogP contribution in [0.4, 0.5) is 0 Å². The van der Waals surface area contributed by atoms with Gasteiger partial charge in [0.15, 0.2) is 0 Å². The van der Waals surface area contributed by atoms with Crippen molar-refractivity contribution in [3.8, 4) is 22.5 Å². The molecule has 134 valence electrons. The van der Waals surface area contributed by atoms with Gasteiger partial charge in [-0.25, -0.2) is 0 Å². The minimum absolute atomic E-state index is 0.851. The van der Waals surface area contributed by atoms with Gasteiger partial charge in [0, 0.05) is 37.4 Å². The zero-order chi connectivity index (χ0) is 18.5. The van der Waals surface area contributed by atoms with Crippen molar-refractivity contribution in [2.45, 2.75) is 6.42 Å². The molecule has 0 N–H and O–H groups in total. The fourth-order valence-electron chi connectivity index (χ4n) is 2.63. The molecule has 0 atom stereocenters. The molecular weight excluding hydrogens is 473 g/mol. The van der Waals surface area contributed by atoms with Crippen molar-refractivity contribution in [3.63, 3.8) is 0 Å². The Hall–Kier alpha value is -1.31. The second-order valence-electron chi connectivity index (χ2n) is 6.03. The van der Waals surface area contributed by atoms with Gasteiger partial charge < -0.3 is 9.32 Å². The van der Waals surface area contributed by atoms with Gasteiger partial charge in [-0.2, -0.15) is 0 Å². The van der Waals surface area contributed by atoms with Crippen LogP contribution in [0, 0.1) is 3.57 Å². The molecule has 0 aliphatic rings. The summed E-state index contributed by atoms with van der Waals surface area (Å²) >= 11 is 9.47. The Balaban J connectivity index is 1.95. The van der Waals surface area contributed by atoms with Crippen LogP contribution < -0.4 is 0 Å². The van der Waals surface area contributed by atoms with Crippen LogP contribution in [-0.2, 0) is 6.42 Å². The van der Waals surface area contributed by atoms with Gasteiger partial charge in [-0.1, -0.05) is 84.6 Å². The first-order valence-electron chi connectivity index (χ1n) is 8.34. The maximum absolute atomic E-state index is 6.35. The molecule has 5 heteroatoms. The third kappa shape index (κ3) is 4.50. The van der Waals surface area contributed by atoms with Gasteiger partial charge in [-0.05, 0) is 28.2 Å². The first-order valence-corrected chi connectivity index (χ1v) is 10.8. The molecule has 2 aromatic carbocycles. The average molecular weight is 493 g/mol. The maximum Gasteiger partial charge on any atom is 0.143 e. The van der Waals surface area contributed by atoms with Crippen molar-refractivity contribution in [2.75, 3.05) is 19.8 Å². The number of thioether (sulfide) groups is 1. The SMILES string of the molecule is CN(C)C(=S)SCCc1oc(-c2ccccc2)c(-c2ccccc2)c1I. The first-order chi connectivity index (χ1) is 12.6. The minimum atomic E-state index is 0.851. The van der Waals surface area contributed by atoms with Crippen LogP contribution in [0.2, 0.25) is 0 Å². The summed E-state index contributed by atoms with van der Waals surface area (Å²) in [6, 6.07) is 20.8. The van der Waals surface area contributed by atoms with Crippen LogP contribution >= 0.6 is 46.6 Å². The van der Waals surface area contributed by atoms with Gasteiger partial charge in [0.05, 0.1) is 3.57 Å². The molecule has 0 bridgehead atoms. The highest BCUT2D eigenvalue weighted by Crippen LogP contribution is 2.40. The van der Waals surface area contributed by atoms with E-state index in [-0.39, 0.29) is 0 Å². The lowest BCUT2D eigenvalue weighted by Gasteiger charge is -2.11. The van der Waals surface area contributed by atoms with Crippen LogP contribution in [0.1, 0.15) is 5.76 Å². The standard InChI is InChI=1S/C21H20INOS2/c1-23(2)21(25)26-14-13-17-19(22)18(15-9-5-3-6-10-15)20(24-17)16-11-7-4-8-12-16/h3-12H,13-14H2,1-2H3. The second kappa shape index (κ2) is 9.06. The molecule has 0 saturated carbocycles. The van der Waals surface area contributed by atoms with Gasteiger partial charge >= 0.3 is 0 Å². The van der Waals surface area contributed by atoms with Crippen molar-refractivity contribution in [1.82, 2.24) is 4.90 Å². The fourth-order valence-corrected chi connectivity index (χ4v) is 4.54. The summed E-state index contributed by atoms with van der Waals surface area (Å²) in [4.78, 5) is 1.97. The minimum Gasteiger partial charge on any atom is -0.459 e. The Bertz CT molecular complexity index is 876. The molecule has 0 amide bonds. The molecular formula is C21H20INOS2. The quantitative estimate of drug-likeness (QED) is 0.305. The third-order valence-electron chi connectivity index (χ3n) is 3.93. The molecule has 1 heterocycles. The monoisotopic (exact) mass is 493 g/mol. The van der Waals surface area contributed by atoms with E-state index < -0.39 is 0 Å². The lowest BCUT2D eigenvalue weighted by Crippen LogP contribution is -2.16. The molecule has 26 heavy (non-hydrogen) atoms. The smallest absolute Gasteiger partial charge is 0.143 e. The van der Waals surface area contributed by atoms with E-state index in [1.807, 2.05) is 43.3 Å². The number of nitrogens with zero attached hydrogens (tertiary/aromatic N) is 1. The molecule has 3 aromatic rings. The zero-order valence-corrected chi connectivity index (χ0v) is 18.5. The van der Waals surface area contributed by atoms with Crippen molar-refractivity contribution in [3.05, 3.63) is 70.0 Å². The van der Waals surface area contributed by atoms with Crippen LogP contribution in [0.3, 0.4) is 0 Å². The maximum atomic E-state index is 6.35. The lowest BCUT2D eigenvalue weighted by molar-refractivity contribution is 0.528. The number of aryl methyl sites for hydroxylation is 1. The van der Waals surface area contributed by atoms with E-state index in [4.69, 9.17) is 16.6 Å². The Morgan fingerprint density at radius 1 is 1.00 bits per heavy atom. The number of hydrogen-bond donors (Lipinski definition) is 0. The Kier molecular flexibility index (Phi) is 6.78. The molecule has 0 aliphatic heterocycles. The van der Waals surface area contributed by atoms with E-state index in [1.165, 1.54) is 14.7 Å². The number of halogens is 1. The van der Waals surface area contributed by atoms with E-state index in [1.54, 1.807) is 11.8 Å². The number of furan rings is 1. The Morgan fingerprint density at radius 2 is 1.58 bits per heavy atom. The van der Waals surface area contributed by atoms with Gasteiger partial charge in [-0.15, -0.1) is 0 Å². The van der Waals surface area contributed by atoms with Gasteiger partial charge in [0.25, 0.3) is 0 Å². The van der Waals surface area contributed by atoms with Crippen molar-refractivity contribution >= 4 is 50.9 Å². The van der Waals surface area contributed by atoms with Gasteiger partial charge in [-0.3, -0.25) is 0 Å². The number of benzene rings is 2. The average Bonchev–Trinajstić information content (AvgIpc) is 2.99. The molecule has 1 aromatic heterocycles. The summed E-state index contributed by atoms with van der Waals surface area (Å²) in [7, 11) is 3.96. The summed E-state index contributed by atoms with van der Waals surface area (Å²) in [5, 5.41) is 0. The number of hydrogen-bond acceptors (Lipinski definition) is 3. The first kappa shape index (κ1) is 19.5. The van der Waals surface area contributed by atoms with E-state index in [0.29, 0.717) is 0 Å². The van der Waals surface area contributed by atoms with Gasteiger partial charge in [0.2, 0.25) is 0 Å². The van der Waals surface area contributed by atoms with E-state index in [9.17, 15) is 0 Å². The highest BCUT2D eigenvalue weighted by molar-refractivity contribution is 14.1. The van der Waals surface area contributed by atoms with Crippen LogP contribution in [0.15, 0.2) is 65.1 Å². The second-order valence-corrected chi connectivity index (χ2v) is 8.84. The summed E-state index contributed by atoms with van der Waals surface area (Å²) in [5.74, 6) is 2.87. The summed E-state index contributed by atoms with van der Waals surface area (Å²) in [6.07, 6.45) is 0.851. The highest BCUT2D eigenvalue weighted by Gasteiger charge is 2.21. The molecule has 0 aliphatic carbocycles. The molecule has 0 fully saturated rings. The Labute approximate surface area is 178 Å². The predicted octanol–water partition coefficient (Wildman–Crippen LogP) is 6.34. The summed E-state index contributed by atoms with van der Waals surface area (Å²) < 4.78 is 8.44. The fraction of sp³-hybridized carbons (Fsp3) is 0.190. The normalized spacial score (nSPS) is 10.7. The van der Waals surface area contributed by atoms with Crippen LogP contribution in [-0.4, -0.2) is 29.1 Å². The lowest BCUT2D eigenvalue weighted by atomic mass is 10.0. The number of rotatable bonds is 5. The Morgan fingerprint density at radius 3 is 2.15 bits per heavy atom. The zero-order valence-electron chi connectivity index (χ0n) is 14.7.